The van der Waals surface area contributed by atoms with E-state index < -0.39 is 0 Å². The van der Waals surface area contributed by atoms with Gasteiger partial charge in [-0.2, -0.15) is 5.26 Å². The third-order valence-corrected chi connectivity index (χ3v) is 5.73. The first kappa shape index (κ1) is 21.5. The summed E-state index contributed by atoms with van der Waals surface area (Å²) in [6, 6.07) is 17.2. The molecule has 0 spiro atoms. The molecule has 0 bridgehead atoms. The van der Waals surface area contributed by atoms with Crippen molar-refractivity contribution in [2.45, 2.75) is 26.2 Å². The highest BCUT2D eigenvalue weighted by atomic mass is 32.2. The molecule has 7 heteroatoms. The van der Waals surface area contributed by atoms with Crippen molar-refractivity contribution in [2.24, 2.45) is 0 Å². The molecule has 6 nitrogen and oxygen atoms in total. The molecule has 0 aliphatic carbocycles. The van der Waals surface area contributed by atoms with Crippen molar-refractivity contribution in [2.75, 3.05) is 17.7 Å². The molecule has 3 rings (SSSR count). The first-order chi connectivity index (χ1) is 14.5. The van der Waals surface area contributed by atoms with Gasteiger partial charge in [-0.3, -0.25) is 9.59 Å². The molecule has 2 aromatic rings. The number of ether oxygens (including phenoxy) is 1. The molecule has 154 valence electrons. The lowest BCUT2D eigenvalue weighted by Gasteiger charge is -2.25. The Balaban J connectivity index is 1.74. The van der Waals surface area contributed by atoms with Gasteiger partial charge in [-0.1, -0.05) is 42.1 Å². The van der Waals surface area contributed by atoms with Crippen molar-refractivity contribution in [1.29, 1.82) is 5.26 Å². The molecule has 1 aliphatic heterocycles. The van der Waals surface area contributed by atoms with Crippen LogP contribution < -0.4 is 15.4 Å². The Morgan fingerprint density at radius 2 is 2.00 bits per heavy atom. The van der Waals surface area contributed by atoms with Gasteiger partial charge in [0.25, 0.3) is 0 Å². The minimum atomic E-state index is -0.346. The highest BCUT2D eigenvalue weighted by Gasteiger charge is 2.30. The number of para-hydroxylation sites is 1. The Labute approximate surface area is 180 Å². The zero-order valence-electron chi connectivity index (χ0n) is 16.9. The number of nitriles is 1. The molecule has 2 N–H and O–H groups in total. The van der Waals surface area contributed by atoms with Gasteiger partial charge in [-0.05, 0) is 43.2 Å². The van der Waals surface area contributed by atoms with Gasteiger partial charge >= 0.3 is 0 Å². The Morgan fingerprint density at radius 1 is 1.27 bits per heavy atom. The third-order valence-electron chi connectivity index (χ3n) is 4.72. The van der Waals surface area contributed by atoms with E-state index in [4.69, 9.17) is 4.74 Å². The quantitative estimate of drug-likeness (QED) is 0.702. The van der Waals surface area contributed by atoms with Crippen LogP contribution in [-0.2, 0) is 9.59 Å². The summed E-state index contributed by atoms with van der Waals surface area (Å²) in [5.41, 5.74) is 3.05. The zero-order valence-corrected chi connectivity index (χ0v) is 17.7. The number of hydrogen-bond acceptors (Lipinski definition) is 5. The molecule has 2 aromatic carbocycles. The molecular weight excluding hydrogens is 398 g/mol. The van der Waals surface area contributed by atoms with Gasteiger partial charge < -0.3 is 15.4 Å². The topological polar surface area (TPSA) is 91.2 Å². The summed E-state index contributed by atoms with van der Waals surface area (Å²) in [6.45, 7) is 4.40. The second-order valence-electron chi connectivity index (χ2n) is 6.81. The molecule has 0 aromatic heterocycles. The standard InChI is InChI=1S/C23H23N3O3S/c1-3-29-17-10-8-16(9-11-17)18-12-21(27)26-23(19(18)13-24)30-14-22(28)25-20-7-5-4-6-15(20)2/h4-11,18H,3,12,14H2,1-2H3,(H,25,28)(H,26,27). The third kappa shape index (κ3) is 5.22. The van der Waals surface area contributed by atoms with E-state index >= 15 is 0 Å². The number of rotatable bonds is 7. The maximum Gasteiger partial charge on any atom is 0.234 e. The summed E-state index contributed by atoms with van der Waals surface area (Å²) in [5.74, 6) is 0.115. The van der Waals surface area contributed by atoms with Crippen LogP contribution in [0.25, 0.3) is 0 Å². The largest absolute Gasteiger partial charge is 0.494 e. The fourth-order valence-corrected chi connectivity index (χ4v) is 4.09. The molecule has 1 unspecified atom stereocenters. The summed E-state index contributed by atoms with van der Waals surface area (Å²) < 4.78 is 5.46. The first-order valence-electron chi connectivity index (χ1n) is 9.67. The summed E-state index contributed by atoms with van der Waals surface area (Å²) >= 11 is 1.17. The van der Waals surface area contributed by atoms with E-state index in [9.17, 15) is 14.9 Å². The lowest BCUT2D eigenvalue weighted by molar-refractivity contribution is -0.121. The van der Waals surface area contributed by atoms with E-state index in [2.05, 4.69) is 16.7 Å². The van der Waals surface area contributed by atoms with Gasteiger partial charge in [0.05, 0.1) is 29.0 Å². The predicted octanol–water partition coefficient (Wildman–Crippen LogP) is 4.10. The number of carbonyl (C=O) groups is 2. The van der Waals surface area contributed by atoms with Gasteiger partial charge in [-0.25, -0.2) is 0 Å². The molecule has 2 amide bonds. The molecule has 0 radical (unpaired) electrons. The first-order valence-corrected chi connectivity index (χ1v) is 10.7. The fraction of sp³-hybridized carbons (Fsp3) is 0.261. The average Bonchev–Trinajstić information content (AvgIpc) is 2.74. The number of thioether (sulfide) groups is 1. The Hall–Kier alpha value is -3.24. The normalized spacial score (nSPS) is 15.9. The van der Waals surface area contributed by atoms with Crippen LogP contribution >= 0.6 is 11.8 Å². The number of carbonyl (C=O) groups excluding carboxylic acids is 2. The smallest absolute Gasteiger partial charge is 0.234 e. The second-order valence-corrected chi connectivity index (χ2v) is 7.80. The van der Waals surface area contributed by atoms with Gasteiger partial charge in [0.2, 0.25) is 11.8 Å². The SMILES string of the molecule is CCOc1ccc(C2CC(=O)NC(SCC(=O)Nc3ccccc3C)=C2C#N)cc1. The highest BCUT2D eigenvalue weighted by Crippen LogP contribution is 2.36. The maximum atomic E-state index is 12.4. The number of hydrogen-bond donors (Lipinski definition) is 2. The van der Waals surface area contributed by atoms with Crippen molar-refractivity contribution in [3.63, 3.8) is 0 Å². The van der Waals surface area contributed by atoms with Crippen LogP contribution in [0.5, 0.6) is 5.75 Å². The molecule has 1 heterocycles. The van der Waals surface area contributed by atoms with Crippen molar-refractivity contribution in [1.82, 2.24) is 5.32 Å². The van der Waals surface area contributed by atoms with Crippen LogP contribution in [0, 0.1) is 18.3 Å². The van der Waals surface area contributed by atoms with Crippen LogP contribution in [0.3, 0.4) is 0 Å². The monoisotopic (exact) mass is 421 g/mol. The van der Waals surface area contributed by atoms with Gasteiger partial charge in [-0.15, -0.1) is 0 Å². The highest BCUT2D eigenvalue weighted by molar-refractivity contribution is 8.03. The van der Waals surface area contributed by atoms with Crippen molar-refractivity contribution >= 4 is 29.3 Å². The zero-order chi connectivity index (χ0) is 21.5. The molecule has 0 saturated carbocycles. The van der Waals surface area contributed by atoms with E-state index in [1.165, 1.54) is 11.8 Å². The number of nitrogens with zero attached hydrogens (tertiary/aromatic N) is 1. The number of amides is 2. The van der Waals surface area contributed by atoms with Crippen molar-refractivity contribution < 1.29 is 14.3 Å². The number of nitrogens with one attached hydrogen (secondary N) is 2. The lowest BCUT2D eigenvalue weighted by Crippen LogP contribution is -2.31. The van der Waals surface area contributed by atoms with Gasteiger partial charge in [0.15, 0.2) is 0 Å². The number of allylic oxidation sites excluding steroid dienone is 1. The lowest BCUT2D eigenvalue weighted by atomic mass is 9.87. The molecule has 1 aliphatic rings. The number of anilines is 1. The molecule has 0 saturated heterocycles. The summed E-state index contributed by atoms with van der Waals surface area (Å²) in [6.07, 6.45) is 0.191. The fourth-order valence-electron chi connectivity index (χ4n) is 3.22. The molecular formula is C23H23N3O3S. The average molecular weight is 422 g/mol. The van der Waals surface area contributed by atoms with Crippen LogP contribution in [0.1, 0.15) is 30.4 Å². The van der Waals surface area contributed by atoms with Gasteiger partial charge in [0, 0.05) is 18.0 Å². The maximum absolute atomic E-state index is 12.4. The van der Waals surface area contributed by atoms with Crippen LogP contribution in [0.2, 0.25) is 0 Å². The van der Waals surface area contributed by atoms with Crippen LogP contribution in [0.4, 0.5) is 5.69 Å². The van der Waals surface area contributed by atoms with Crippen molar-refractivity contribution in [3.05, 3.63) is 70.3 Å². The second kappa shape index (κ2) is 9.99. The summed E-state index contributed by atoms with van der Waals surface area (Å²) in [5, 5.41) is 15.8. The Kier molecular flexibility index (Phi) is 7.15. The molecule has 0 fully saturated rings. The minimum absolute atomic E-state index is 0.0884. The van der Waals surface area contributed by atoms with Crippen LogP contribution in [-0.4, -0.2) is 24.2 Å². The van der Waals surface area contributed by atoms with Gasteiger partial charge in [0.1, 0.15) is 5.75 Å². The summed E-state index contributed by atoms with van der Waals surface area (Å²) in [7, 11) is 0. The van der Waals surface area contributed by atoms with E-state index in [-0.39, 0.29) is 29.9 Å². The Morgan fingerprint density at radius 3 is 2.67 bits per heavy atom. The van der Waals surface area contributed by atoms with E-state index in [0.717, 1.165) is 22.6 Å². The number of aryl methyl sites for hydroxylation is 1. The van der Waals surface area contributed by atoms with Crippen molar-refractivity contribution in [3.8, 4) is 11.8 Å². The van der Waals surface area contributed by atoms with E-state index in [0.29, 0.717) is 17.2 Å². The van der Waals surface area contributed by atoms with E-state index in [1.807, 2.05) is 62.4 Å². The minimum Gasteiger partial charge on any atom is -0.494 e. The number of benzene rings is 2. The predicted molar refractivity (Wildman–Crippen MR) is 118 cm³/mol. The Bertz CT molecular complexity index is 1010. The molecule has 30 heavy (non-hydrogen) atoms. The van der Waals surface area contributed by atoms with Crippen LogP contribution in [0.15, 0.2) is 59.1 Å². The van der Waals surface area contributed by atoms with E-state index in [1.54, 1.807) is 0 Å². The molecule has 1 atom stereocenters. The summed E-state index contributed by atoms with van der Waals surface area (Å²) in [4.78, 5) is 24.6.